The fraction of sp³-hybridized carbons (Fsp3) is 0.182. The number of carboxylic acid groups (broad SMARTS) is 2. The van der Waals surface area contributed by atoms with Gasteiger partial charge in [-0.15, -0.1) is 10.2 Å². The lowest BCUT2D eigenvalue weighted by Gasteiger charge is -2.11. The Hall–Kier alpha value is -2.77. The molecule has 1 unspecified atom stereocenters. The number of fused-ring (bicyclic) bond motifs is 1. The molecule has 98 valence electrons. The summed E-state index contributed by atoms with van der Waals surface area (Å²) in [7, 11) is 0. The molecule has 0 aliphatic rings. The summed E-state index contributed by atoms with van der Waals surface area (Å²) in [4.78, 5) is 25.5. The molecule has 1 aromatic carbocycles. The Morgan fingerprint density at radius 2 is 1.84 bits per heavy atom. The summed E-state index contributed by atoms with van der Waals surface area (Å²) in [6.45, 7) is 0. The molecule has 2 rings (SSSR count). The maximum absolute atomic E-state index is 10.9. The Labute approximate surface area is 107 Å². The third-order valence-corrected chi connectivity index (χ3v) is 2.34. The van der Waals surface area contributed by atoms with E-state index in [4.69, 9.17) is 10.2 Å². The third-order valence-electron chi connectivity index (χ3n) is 2.34. The number of benzene rings is 1. The number of nitrogens with one attached hydrogen (secondary N) is 1. The molecule has 0 aliphatic carbocycles. The van der Waals surface area contributed by atoms with E-state index in [1.54, 1.807) is 24.3 Å². The average molecular weight is 262 g/mol. The number of carbonyl (C=O) groups is 2. The number of aliphatic carboxylic acids is 2. The van der Waals surface area contributed by atoms with Gasteiger partial charge in [-0.05, 0) is 12.1 Å². The summed E-state index contributed by atoms with van der Waals surface area (Å²) < 4.78 is 0. The highest BCUT2D eigenvalue weighted by Crippen LogP contribution is 2.10. The Morgan fingerprint density at radius 3 is 2.47 bits per heavy atom. The number of hydrogen-bond donors (Lipinski definition) is 3. The number of aromatic nitrogens is 3. The molecule has 0 bridgehead atoms. The molecule has 0 fully saturated rings. The quantitative estimate of drug-likeness (QED) is 0.705. The molecule has 2 aromatic rings. The van der Waals surface area contributed by atoms with E-state index in [1.165, 1.54) is 0 Å². The van der Waals surface area contributed by atoms with Crippen molar-refractivity contribution in [2.75, 3.05) is 5.32 Å². The van der Waals surface area contributed by atoms with Crippen molar-refractivity contribution in [2.24, 2.45) is 0 Å². The van der Waals surface area contributed by atoms with Gasteiger partial charge in [-0.25, -0.2) is 9.78 Å². The van der Waals surface area contributed by atoms with E-state index in [1.807, 2.05) is 0 Å². The van der Waals surface area contributed by atoms with Crippen molar-refractivity contribution in [1.29, 1.82) is 0 Å². The van der Waals surface area contributed by atoms with E-state index >= 15 is 0 Å². The van der Waals surface area contributed by atoms with Crippen molar-refractivity contribution in [1.82, 2.24) is 15.2 Å². The highest BCUT2D eigenvalue weighted by Gasteiger charge is 2.21. The van der Waals surface area contributed by atoms with Crippen molar-refractivity contribution in [2.45, 2.75) is 12.5 Å². The van der Waals surface area contributed by atoms with Crippen LogP contribution in [-0.2, 0) is 9.59 Å². The van der Waals surface area contributed by atoms with Gasteiger partial charge in [0, 0.05) is 0 Å². The summed E-state index contributed by atoms with van der Waals surface area (Å²) in [6.07, 6.45) is -0.578. The molecule has 0 saturated carbocycles. The molecule has 0 aliphatic heterocycles. The number of rotatable bonds is 5. The van der Waals surface area contributed by atoms with E-state index in [0.717, 1.165) is 0 Å². The van der Waals surface area contributed by atoms with Crippen LogP contribution in [0.4, 0.5) is 5.95 Å². The molecular weight excluding hydrogens is 252 g/mol. The Balaban J connectivity index is 2.23. The third kappa shape index (κ3) is 3.12. The Bertz CT molecular complexity index is 631. The van der Waals surface area contributed by atoms with Crippen molar-refractivity contribution in [3.8, 4) is 0 Å². The summed E-state index contributed by atoms with van der Waals surface area (Å²) >= 11 is 0. The second-order valence-corrected chi connectivity index (χ2v) is 3.76. The molecule has 3 N–H and O–H groups in total. The minimum Gasteiger partial charge on any atom is -0.481 e. The van der Waals surface area contributed by atoms with Crippen molar-refractivity contribution in [3.05, 3.63) is 24.3 Å². The summed E-state index contributed by atoms with van der Waals surface area (Å²) in [6, 6.07) is 5.64. The summed E-state index contributed by atoms with van der Waals surface area (Å²) in [5, 5.41) is 27.5. The molecule has 1 atom stereocenters. The molecule has 0 saturated heterocycles. The largest absolute Gasteiger partial charge is 0.481 e. The van der Waals surface area contributed by atoms with Gasteiger partial charge >= 0.3 is 11.9 Å². The molecule has 19 heavy (non-hydrogen) atoms. The number of nitrogens with zero attached hydrogens (tertiary/aromatic N) is 3. The Kier molecular flexibility index (Phi) is 3.51. The van der Waals surface area contributed by atoms with Crippen LogP contribution >= 0.6 is 0 Å². The predicted octanol–water partition coefficient (Wildman–Crippen LogP) is 0.365. The zero-order chi connectivity index (χ0) is 13.8. The minimum absolute atomic E-state index is 0.0210. The first-order valence-corrected chi connectivity index (χ1v) is 5.37. The SMILES string of the molecule is O=C(O)CC(Nc1nnc2ccccc2n1)C(=O)O. The van der Waals surface area contributed by atoms with E-state index in [2.05, 4.69) is 20.5 Å². The van der Waals surface area contributed by atoms with Crippen LogP contribution in [0.3, 0.4) is 0 Å². The van der Waals surface area contributed by atoms with Crippen LogP contribution in [0.5, 0.6) is 0 Å². The molecule has 8 nitrogen and oxygen atoms in total. The standard InChI is InChI=1S/C11H10N4O4/c16-9(17)5-8(10(18)19)13-11-12-6-3-1-2-4-7(6)14-15-11/h1-4,8H,5H2,(H,16,17)(H,18,19)(H,12,13,15). The average Bonchev–Trinajstić information content (AvgIpc) is 2.37. The zero-order valence-corrected chi connectivity index (χ0v) is 9.65. The number of carboxylic acids is 2. The highest BCUT2D eigenvalue weighted by atomic mass is 16.4. The molecule has 0 radical (unpaired) electrons. The number of para-hydroxylation sites is 1. The topological polar surface area (TPSA) is 125 Å². The van der Waals surface area contributed by atoms with Crippen molar-refractivity contribution in [3.63, 3.8) is 0 Å². The van der Waals surface area contributed by atoms with Gasteiger partial charge in [0.2, 0.25) is 5.95 Å². The summed E-state index contributed by atoms with van der Waals surface area (Å²) in [5.41, 5.74) is 1.11. The van der Waals surface area contributed by atoms with Gasteiger partial charge in [-0.1, -0.05) is 12.1 Å². The fourth-order valence-electron chi connectivity index (χ4n) is 1.47. The second-order valence-electron chi connectivity index (χ2n) is 3.76. The van der Waals surface area contributed by atoms with Gasteiger partial charge in [-0.2, -0.15) is 0 Å². The van der Waals surface area contributed by atoms with Crippen molar-refractivity contribution < 1.29 is 19.8 Å². The lowest BCUT2D eigenvalue weighted by molar-refractivity contribution is -0.144. The van der Waals surface area contributed by atoms with Gasteiger partial charge in [0.15, 0.2) is 0 Å². The van der Waals surface area contributed by atoms with Gasteiger partial charge in [-0.3, -0.25) is 4.79 Å². The monoisotopic (exact) mass is 262 g/mol. The molecular formula is C11H10N4O4. The molecule has 0 amide bonds. The Morgan fingerprint density at radius 1 is 1.16 bits per heavy atom. The first-order chi connectivity index (χ1) is 9.06. The first kappa shape index (κ1) is 12.7. The second kappa shape index (κ2) is 5.25. The van der Waals surface area contributed by atoms with Crippen LogP contribution in [0.1, 0.15) is 6.42 Å². The maximum Gasteiger partial charge on any atom is 0.326 e. The van der Waals surface area contributed by atoms with Crippen LogP contribution in [0.25, 0.3) is 11.0 Å². The molecule has 1 aromatic heterocycles. The molecule has 0 spiro atoms. The molecule has 8 heteroatoms. The van der Waals surface area contributed by atoms with Gasteiger partial charge < -0.3 is 15.5 Å². The van der Waals surface area contributed by atoms with E-state index < -0.39 is 24.4 Å². The normalized spacial score (nSPS) is 12.0. The minimum atomic E-state index is -1.31. The predicted molar refractivity (Wildman–Crippen MR) is 64.6 cm³/mol. The lowest BCUT2D eigenvalue weighted by atomic mass is 10.2. The van der Waals surface area contributed by atoms with Crippen LogP contribution in [0.2, 0.25) is 0 Å². The maximum atomic E-state index is 10.9. The van der Waals surface area contributed by atoms with Crippen LogP contribution < -0.4 is 5.32 Å². The lowest BCUT2D eigenvalue weighted by Crippen LogP contribution is -2.32. The van der Waals surface area contributed by atoms with E-state index in [0.29, 0.717) is 11.0 Å². The number of hydrogen-bond acceptors (Lipinski definition) is 6. The first-order valence-electron chi connectivity index (χ1n) is 5.37. The van der Waals surface area contributed by atoms with E-state index in [9.17, 15) is 9.59 Å². The van der Waals surface area contributed by atoms with Crippen LogP contribution in [0, 0.1) is 0 Å². The van der Waals surface area contributed by atoms with Crippen molar-refractivity contribution >= 4 is 28.9 Å². The van der Waals surface area contributed by atoms with Crippen LogP contribution in [-0.4, -0.2) is 43.4 Å². The summed E-state index contributed by atoms with van der Waals surface area (Å²) in [5.74, 6) is -2.54. The highest BCUT2D eigenvalue weighted by molar-refractivity contribution is 5.83. The number of anilines is 1. The van der Waals surface area contributed by atoms with Gasteiger partial charge in [0.1, 0.15) is 11.6 Å². The van der Waals surface area contributed by atoms with Crippen LogP contribution in [0.15, 0.2) is 24.3 Å². The zero-order valence-electron chi connectivity index (χ0n) is 9.65. The smallest absolute Gasteiger partial charge is 0.326 e. The van der Waals surface area contributed by atoms with Gasteiger partial charge in [0.25, 0.3) is 0 Å². The van der Waals surface area contributed by atoms with E-state index in [-0.39, 0.29) is 5.95 Å². The fourth-order valence-corrected chi connectivity index (χ4v) is 1.47. The molecule has 1 heterocycles. The van der Waals surface area contributed by atoms with Gasteiger partial charge in [0.05, 0.1) is 11.9 Å².